The van der Waals surface area contributed by atoms with Gasteiger partial charge in [0, 0.05) is 35.9 Å². The summed E-state index contributed by atoms with van der Waals surface area (Å²) in [6.45, 7) is 2.64. The van der Waals surface area contributed by atoms with Crippen LogP contribution in [0.3, 0.4) is 0 Å². The fourth-order valence-electron chi connectivity index (χ4n) is 2.56. The highest BCUT2D eigenvalue weighted by atomic mass is 79.9. The molecule has 1 aromatic heterocycles. The third-order valence-corrected chi connectivity index (χ3v) is 4.31. The van der Waals surface area contributed by atoms with E-state index in [4.69, 9.17) is 4.74 Å². The first kappa shape index (κ1) is 21.7. The lowest BCUT2D eigenvalue weighted by atomic mass is 10.1. The SMILES string of the molecule is Cl.Cl.O=C(c1ccc(Br)cc1)N1CCNCC1COc1cccnc1. The molecule has 2 heterocycles. The number of nitrogens with zero attached hydrogens (tertiary/aromatic N) is 2. The normalized spacial score (nSPS) is 16.4. The highest BCUT2D eigenvalue weighted by Crippen LogP contribution is 2.16. The molecule has 1 N–H and O–H groups in total. The first-order valence-electron chi connectivity index (χ1n) is 7.54. The zero-order valence-electron chi connectivity index (χ0n) is 13.4. The summed E-state index contributed by atoms with van der Waals surface area (Å²) in [4.78, 5) is 18.7. The molecule has 1 fully saturated rings. The van der Waals surface area contributed by atoms with E-state index in [1.807, 2.05) is 41.3 Å². The Morgan fingerprint density at radius 3 is 2.72 bits per heavy atom. The molecule has 25 heavy (non-hydrogen) atoms. The van der Waals surface area contributed by atoms with E-state index in [2.05, 4.69) is 26.2 Å². The molecule has 1 unspecified atom stereocenters. The number of hydrogen-bond donors (Lipinski definition) is 1. The Hall–Kier alpha value is -1.34. The molecule has 1 aliphatic rings. The van der Waals surface area contributed by atoms with Gasteiger partial charge >= 0.3 is 0 Å². The number of rotatable bonds is 4. The summed E-state index contributed by atoms with van der Waals surface area (Å²) in [6, 6.07) is 11.2. The van der Waals surface area contributed by atoms with Gasteiger partial charge in [-0.2, -0.15) is 0 Å². The maximum absolute atomic E-state index is 12.7. The van der Waals surface area contributed by atoms with Crippen molar-refractivity contribution < 1.29 is 9.53 Å². The topological polar surface area (TPSA) is 54.5 Å². The van der Waals surface area contributed by atoms with Gasteiger partial charge in [-0.05, 0) is 36.4 Å². The number of halogens is 3. The van der Waals surface area contributed by atoms with Crippen LogP contribution in [0.25, 0.3) is 0 Å². The third kappa shape index (κ3) is 5.85. The second-order valence-electron chi connectivity index (χ2n) is 5.36. The Morgan fingerprint density at radius 2 is 2.04 bits per heavy atom. The van der Waals surface area contributed by atoms with Crippen LogP contribution < -0.4 is 10.1 Å². The van der Waals surface area contributed by atoms with E-state index in [-0.39, 0.29) is 36.8 Å². The molecule has 0 saturated carbocycles. The lowest BCUT2D eigenvalue weighted by Crippen LogP contribution is -2.55. The van der Waals surface area contributed by atoms with Gasteiger partial charge in [-0.15, -0.1) is 24.8 Å². The minimum atomic E-state index is 0. The van der Waals surface area contributed by atoms with Gasteiger partial charge in [-0.25, -0.2) is 0 Å². The molecule has 0 spiro atoms. The van der Waals surface area contributed by atoms with Crippen LogP contribution in [0.4, 0.5) is 0 Å². The molecular weight excluding hydrogens is 429 g/mol. The van der Waals surface area contributed by atoms with Crippen LogP contribution in [-0.2, 0) is 0 Å². The van der Waals surface area contributed by atoms with E-state index in [0.717, 1.165) is 17.6 Å². The largest absolute Gasteiger partial charge is 0.490 e. The van der Waals surface area contributed by atoms with Gasteiger partial charge in [0.1, 0.15) is 12.4 Å². The van der Waals surface area contributed by atoms with Crippen LogP contribution in [0, 0.1) is 0 Å². The average molecular weight is 449 g/mol. The van der Waals surface area contributed by atoms with Gasteiger partial charge in [-0.3, -0.25) is 9.78 Å². The van der Waals surface area contributed by atoms with Crippen molar-refractivity contribution in [2.24, 2.45) is 0 Å². The van der Waals surface area contributed by atoms with Crippen LogP contribution >= 0.6 is 40.7 Å². The molecule has 2 aromatic rings. The summed E-state index contributed by atoms with van der Waals surface area (Å²) >= 11 is 3.39. The fraction of sp³-hybridized carbons (Fsp3) is 0.294. The third-order valence-electron chi connectivity index (χ3n) is 3.78. The number of nitrogens with one attached hydrogen (secondary N) is 1. The fourth-order valence-corrected chi connectivity index (χ4v) is 2.82. The predicted molar refractivity (Wildman–Crippen MR) is 106 cm³/mol. The maximum atomic E-state index is 12.7. The second kappa shape index (κ2) is 10.6. The summed E-state index contributed by atoms with van der Waals surface area (Å²) in [5.41, 5.74) is 0.696. The zero-order valence-corrected chi connectivity index (χ0v) is 16.6. The Labute approximate surface area is 168 Å². The number of hydrogen-bond acceptors (Lipinski definition) is 4. The summed E-state index contributed by atoms with van der Waals surface area (Å²) in [5, 5.41) is 3.32. The lowest BCUT2D eigenvalue weighted by Gasteiger charge is -2.36. The number of aromatic nitrogens is 1. The summed E-state index contributed by atoms with van der Waals surface area (Å²) in [6.07, 6.45) is 3.38. The van der Waals surface area contributed by atoms with Gasteiger partial charge < -0.3 is 15.0 Å². The molecule has 0 bridgehead atoms. The quantitative estimate of drug-likeness (QED) is 0.780. The lowest BCUT2D eigenvalue weighted by molar-refractivity contribution is 0.0559. The van der Waals surface area contributed by atoms with Crippen LogP contribution in [0.15, 0.2) is 53.3 Å². The Balaban J connectivity index is 0.00000156. The van der Waals surface area contributed by atoms with Crippen molar-refractivity contribution in [3.05, 3.63) is 58.8 Å². The summed E-state index contributed by atoms with van der Waals surface area (Å²) in [5.74, 6) is 0.757. The minimum Gasteiger partial charge on any atom is -0.490 e. The molecule has 0 aliphatic carbocycles. The summed E-state index contributed by atoms with van der Waals surface area (Å²) < 4.78 is 6.74. The highest BCUT2D eigenvalue weighted by molar-refractivity contribution is 9.10. The molecule has 1 aliphatic heterocycles. The van der Waals surface area contributed by atoms with E-state index in [1.54, 1.807) is 12.4 Å². The number of carbonyl (C=O) groups is 1. The van der Waals surface area contributed by atoms with Crippen molar-refractivity contribution in [3.63, 3.8) is 0 Å². The van der Waals surface area contributed by atoms with E-state index >= 15 is 0 Å². The molecule has 0 radical (unpaired) electrons. The van der Waals surface area contributed by atoms with Crippen molar-refractivity contribution in [1.82, 2.24) is 15.2 Å². The van der Waals surface area contributed by atoms with Crippen molar-refractivity contribution >= 4 is 46.7 Å². The van der Waals surface area contributed by atoms with Crippen LogP contribution in [-0.4, -0.2) is 48.1 Å². The van der Waals surface area contributed by atoms with Crippen molar-refractivity contribution in [2.75, 3.05) is 26.2 Å². The standard InChI is InChI=1S/C17H18BrN3O2.2ClH/c18-14-5-3-13(4-6-14)17(22)21-9-8-20-10-15(21)12-23-16-2-1-7-19-11-16;;/h1-7,11,15,20H,8-10,12H2;2*1H. The van der Waals surface area contributed by atoms with E-state index < -0.39 is 0 Å². The Kier molecular flexibility index (Phi) is 9.21. The molecule has 136 valence electrons. The van der Waals surface area contributed by atoms with Crippen molar-refractivity contribution in [1.29, 1.82) is 0 Å². The van der Waals surface area contributed by atoms with Gasteiger partial charge in [0.15, 0.2) is 0 Å². The first-order chi connectivity index (χ1) is 11.2. The molecular formula is C17H20BrCl2N3O2. The summed E-state index contributed by atoms with van der Waals surface area (Å²) in [7, 11) is 0. The van der Waals surface area contributed by atoms with E-state index in [9.17, 15) is 4.79 Å². The Bertz CT molecular complexity index is 659. The maximum Gasteiger partial charge on any atom is 0.254 e. The number of piperazine rings is 1. The zero-order chi connectivity index (χ0) is 16.1. The predicted octanol–water partition coefficient (Wildman–Crippen LogP) is 3.18. The Morgan fingerprint density at radius 1 is 1.28 bits per heavy atom. The first-order valence-corrected chi connectivity index (χ1v) is 8.33. The van der Waals surface area contributed by atoms with Crippen molar-refractivity contribution in [3.8, 4) is 5.75 Å². The van der Waals surface area contributed by atoms with Gasteiger partial charge in [-0.1, -0.05) is 15.9 Å². The number of ether oxygens (including phenoxy) is 1. The molecule has 1 amide bonds. The molecule has 1 aromatic carbocycles. The number of benzene rings is 1. The van der Waals surface area contributed by atoms with Crippen LogP contribution in [0.5, 0.6) is 5.75 Å². The monoisotopic (exact) mass is 447 g/mol. The van der Waals surface area contributed by atoms with Crippen molar-refractivity contribution in [2.45, 2.75) is 6.04 Å². The number of amides is 1. The van der Waals surface area contributed by atoms with Gasteiger partial charge in [0.25, 0.3) is 5.91 Å². The molecule has 8 heteroatoms. The van der Waals surface area contributed by atoms with Gasteiger partial charge in [0.05, 0.1) is 12.2 Å². The van der Waals surface area contributed by atoms with Gasteiger partial charge in [0.2, 0.25) is 0 Å². The molecule has 5 nitrogen and oxygen atoms in total. The molecule has 1 saturated heterocycles. The highest BCUT2D eigenvalue weighted by Gasteiger charge is 2.27. The second-order valence-corrected chi connectivity index (χ2v) is 6.28. The van der Waals surface area contributed by atoms with Crippen LogP contribution in [0.2, 0.25) is 0 Å². The van der Waals surface area contributed by atoms with E-state index in [0.29, 0.717) is 24.5 Å². The van der Waals surface area contributed by atoms with E-state index in [1.165, 1.54) is 0 Å². The smallest absolute Gasteiger partial charge is 0.254 e. The number of pyridine rings is 1. The van der Waals surface area contributed by atoms with Crippen LogP contribution in [0.1, 0.15) is 10.4 Å². The molecule has 3 rings (SSSR count). The number of carbonyl (C=O) groups excluding carboxylic acids is 1. The molecule has 1 atom stereocenters. The minimum absolute atomic E-state index is 0. The average Bonchev–Trinajstić information content (AvgIpc) is 2.61.